The second-order valence-electron chi connectivity index (χ2n) is 6.47. The summed E-state index contributed by atoms with van der Waals surface area (Å²) in [6.07, 6.45) is 2.26. The third-order valence-corrected chi connectivity index (χ3v) is 4.68. The van der Waals surface area contributed by atoms with Crippen molar-refractivity contribution in [2.75, 3.05) is 16.8 Å². The number of aromatic nitrogens is 4. The average Bonchev–Trinajstić information content (AvgIpc) is 3.32. The molecule has 0 unspecified atom stereocenters. The highest BCUT2D eigenvalue weighted by molar-refractivity contribution is 6.05. The molecular formula is C19H18N6O2. The Labute approximate surface area is 155 Å². The number of carbonyl (C=O) groups is 2. The maximum Gasteiger partial charge on any atom is 0.255 e. The standard InChI is InChI=1S/C19H18N6O2/c1-12-3-5-16(10-18(12)25-11-20-22-23-25)21-19(27)15-4-6-17-14(9-15)7-8-24(17)13(2)26/h3-6,9-11H,7-8H2,1-2H3,(H,21,27). The predicted molar refractivity (Wildman–Crippen MR) is 100 cm³/mol. The van der Waals surface area contributed by atoms with E-state index in [1.54, 1.807) is 22.6 Å². The summed E-state index contributed by atoms with van der Waals surface area (Å²) in [6, 6.07) is 11.0. The van der Waals surface area contributed by atoms with Gasteiger partial charge in [0.25, 0.3) is 5.91 Å². The van der Waals surface area contributed by atoms with Crippen molar-refractivity contribution in [1.82, 2.24) is 20.2 Å². The lowest BCUT2D eigenvalue weighted by molar-refractivity contribution is -0.116. The molecule has 0 bridgehead atoms. The van der Waals surface area contributed by atoms with Crippen LogP contribution in [-0.2, 0) is 11.2 Å². The summed E-state index contributed by atoms with van der Waals surface area (Å²) in [4.78, 5) is 26.1. The van der Waals surface area contributed by atoms with Gasteiger partial charge in [0.1, 0.15) is 6.33 Å². The van der Waals surface area contributed by atoms with Gasteiger partial charge in [0, 0.05) is 30.4 Å². The molecule has 2 aromatic carbocycles. The van der Waals surface area contributed by atoms with Gasteiger partial charge in [-0.25, -0.2) is 4.68 Å². The van der Waals surface area contributed by atoms with E-state index in [0.717, 1.165) is 28.9 Å². The number of tetrazole rings is 1. The summed E-state index contributed by atoms with van der Waals surface area (Å²) in [7, 11) is 0. The van der Waals surface area contributed by atoms with Crippen LogP contribution in [0.15, 0.2) is 42.7 Å². The van der Waals surface area contributed by atoms with Gasteiger partial charge in [-0.1, -0.05) is 6.07 Å². The van der Waals surface area contributed by atoms with Crippen LogP contribution >= 0.6 is 0 Å². The van der Waals surface area contributed by atoms with Crippen LogP contribution < -0.4 is 10.2 Å². The van der Waals surface area contributed by atoms with Crippen LogP contribution in [0.25, 0.3) is 5.69 Å². The SMILES string of the molecule is CC(=O)N1CCc2cc(C(=O)Nc3ccc(C)c(-n4cnnn4)c3)ccc21. The summed E-state index contributed by atoms with van der Waals surface area (Å²) in [5.41, 5.74) is 4.89. The molecule has 0 fully saturated rings. The molecule has 1 aliphatic rings. The van der Waals surface area contributed by atoms with Crippen LogP contribution in [0.4, 0.5) is 11.4 Å². The van der Waals surface area contributed by atoms with Crippen molar-refractivity contribution < 1.29 is 9.59 Å². The highest BCUT2D eigenvalue weighted by Crippen LogP contribution is 2.29. The summed E-state index contributed by atoms with van der Waals surface area (Å²) < 4.78 is 1.55. The Balaban J connectivity index is 1.57. The van der Waals surface area contributed by atoms with E-state index in [1.807, 2.05) is 37.3 Å². The van der Waals surface area contributed by atoms with Gasteiger partial charge in [0.15, 0.2) is 0 Å². The average molecular weight is 362 g/mol. The van der Waals surface area contributed by atoms with Gasteiger partial charge in [-0.05, 0) is 65.2 Å². The number of nitrogens with zero attached hydrogens (tertiary/aromatic N) is 5. The zero-order valence-corrected chi connectivity index (χ0v) is 15.0. The number of aryl methyl sites for hydroxylation is 1. The van der Waals surface area contributed by atoms with E-state index < -0.39 is 0 Å². The number of amides is 2. The molecule has 1 N–H and O–H groups in total. The van der Waals surface area contributed by atoms with Crippen LogP contribution in [-0.4, -0.2) is 38.6 Å². The topological polar surface area (TPSA) is 93.0 Å². The largest absolute Gasteiger partial charge is 0.322 e. The fourth-order valence-electron chi connectivity index (χ4n) is 3.28. The van der Waals surface area contributed by atoms with Crippen molar-refractivity contribution in [2.24, 2.45) is 0 Å². The van der Waals surface area contributed by atoms with E-state index in [4.69, 9.17) is 0 Å². The highest BCUT2D eigenvalue weighted by atomic mass is 16.2. The summed E-state index contributed by atoms with van der Waals surface area (Å²) in [5, 5.41) is 14.1. The van der Waals surface area contributed by atoms with E-state index in [9.17, 15) is 9.59 Å². The Morgan fingerprint density at radius 3 is 2.70 bits per heavy atom. The number of anilines is 2. The molecule has 136 valence electrons. The predicted octanol–water partition coefficient (Wildman–Crippen LogP) is 2.13. The molecule has 8 nitrogen and oxygen atoms in total. The van der Waals surface area contributed by atoms with Crippen LogP contribution in [0, 0.1) is 6.92 Å². The molecule has 0 aliphatic carbocycles. The van der Waals surface area contributed by atoms with Crippen molar-refractivity contribution >= 4 is 23.2 Å². The van der Waals surface area contributed by atoms with Gasteiger partial charge >= 0.3 is 0 Å². The van der Waals surface area contributed by atoms with Gasteiger partial charge in [0.2, 0.25) is 5.91 Å². The highest BCUT2D eigenvalue weighted by Gasteiger charge is 2.23. The first-order chi connectivity index (χ1) is 13.0. The first-order valence-electron chi connectivity index (χ1n) is 8.59. The zero-order chi connectivity index (χ0) is 19.0. The third kappa shape index (κ3) is 3.17. The first kappa shape index (κ1) is 16.9. The Morgan fingerprint density at radius 2 is 1.96 bits per heavy atom. The lowest BCUT2D eigenvalue weighted by atomic mass is 10.1. The second-order valence-corrected chi connectivity index (χ2v) is 6.47. The first-order valence-corrected chi connectivity index (χ1v) is 8.59. The van der Waals surface area contributed by atoms with E-state index in [0.29, 0.717) is 17.8 Å². The quantitative estimate of drug-likeness (QED) is 0.770. The maximum atomic E-state index is 12.7. The van der Waals surface area contributed by atoms with Crippen molar-refractivity contribution in [3.05, 3.63) is 59.4 Å². The van der Waals surface area contributed by atoms with Crippen molar-refractivity contribution in [3.8, 4) is 5.69 Å². The fraction of sp³-hybridized carbons (Fsp3) is 0.211. The minimum absolute atomic E-state index is 0.0146. The van der Waals surface area contributed by atoms with Crippen LogP contribution in [0.3, 0.4) is 0 Å². The lowest BCUT2D eigenvalue weighted by Gasteiger charge is -2.15. The van der Waals surface area contributed by atoms with Gasteiger partial charge < -0.3 is 10.2 Å². The number of carbonyl (C=O) groups excluding carboxylic acids is 2. The van der Waals surface area contributed by atoms with E-state index >= 15 is 0 Å². The Kier molecular flexibility index (Phi) is 4.15. The molecule has 8 heteroatoms. The minimum atomic E-state index is -0.203. The molecule has 2 heterocycles. The fourth-order valence-corrected chi connectivity index (χ4v) is 3.28. The molecule has 0 saturated carbocycles. The smallest absolute Gasteiger partial charge is 0.255 e. The van der Waals surface area contributed by atoms with Gasteiger partial charge in [-0.15, -0.1) is 5.10 Å². The monoisotopic (exact) mass is 362 g/mol. The molecule has 0 spiro atoms. The molecule has 0 saturated heterocycles. The summed E-state index contributed by atoms with van der Waals surface area (Å²) >= 11 is 0. The van der Waals surface area contributed by atoms with Gasteiger partial charge in [0.05, 0.1) is 5.69 Å². The molecule has 27 heavy (non-hydrogen) atoms. The van der Waals surface area contributed by atoms with E-state index in [-0.39, 0.29) is 11.8 Å². The Bertz CT molecular complexity index is 1030. The minimum Gasteiger partial charge on any atom is -0.322 e. The van der Waals surface area contributed by atoms with Crippen molar-refractivity contribution in [3.63, 3.8) is 0 Å². The van der Waals surface area contributed by atoms with Crippen molar-refractivity contribution in [2.45, 2.75) is 20.3 Å². The van der Waals surface area contributed by atoms with Gasteiger partial charge in [-0.3, -0.25) is 9.59 Å². The molecular weight excluding hydrogens is 344 g/mol. The molecule has 0 atom stereocenters. The number of benzene rings is 2. The Hall–Kier alpha value is -3.55. The number of fused-ring (bicyclic) bond motifs is 1. The molecule has 3 aromatic rings. The lowest BCUT2D eigenvalue weighted by Crippen LogP contribution is -2.25. The molecule has 2 amide bonds. The molecule has 1 aromatic heterocycles. The van der Waals surface area contributed by atoms with Crippen LogP contribution in [0.5, 0.6) is 0 Å². The second kappa shape index (κ2) is 6.64. The molecule has 0 radical (unpaired) electrons. The van der Waals surface area contributed by atoms with E-state index in [1.165, 1.54) is 6.33 Å². The van der Waals surface area contributed by atoms with Gasteiger partial charge in [-0.2, -0.15) is 0 Å². The molecule has 1 aliphatic heterocycles. The summed E-state index contributed by atoms with van der Waals surface area (Å²) in [5.74, 6) is -0.189. The van der Waals surface area contributed by atoms with E-state index in [2.05, 4.69) is 20.8 Å². The van der Waals surface area contributed by atoms with Crippen LogP contribution in [0.1, 0.15) is 28.4 Å². The number of rotatable bonds is 3. The summed E-state index contributed by atoms with van der Waals surface area (Å²) in [6.45, 7) is 4.15. The zero-order valence-electron chi connectivity index (χ0n) is 15.0. The third-order valence-electron chi connectivity index (χ3n) is 4.68. The van der Waals surface area contributed by atoms with Crippen LogP contribution in [0.2, 0.25) is 0 Å². The maximum absolute atomic E-state index is 12.7. The Morgan fingerprint density at radius 1 is 1.11 bits per heavy atom. The molecule has 4 rings (SSSR count). The number of nitrogens with one attached hydrogen (secondary N) is 1. The number of hydrogen-bond donors (Lipinski definition) is 1. The normalized spacial score (nSPS) is 12.7. The number of hydrogen-bond acceptors (Lipinski definition) is 5. The van der Waals surface area contributed by atoms with Crippen molar-refractivity contribution in [1.29, 1.82) is 0 Å².